The van der Waals surface area contributed by atoms with Crippen LogP contribution in [0.1, 0.15) is 18.7 Å². The fourth-order valence-corrected chi connectivity index (χ4v) is 1.90. The lowest BCUT2D eigenvalue weighted by Gasteiger charge is -2.20. The van der Waals surface area contributed by atoms with Crippen LogP contribution in [0.4, 0.5) is 0 Å². The van der Waals surface area contributed by atoms with Gasteiger partial charge in [-0.2, -0.15) is 5.10 Å². The third kappa shape index (κ3) is 2.35. The summed E-state index contributed by atoms with van der Waals surface area (Å²) in [5.74, 6) is 1.32. The van der Waals surface area contributed by atoms with Crippen molar-refractivity contribution in [1.82, 2.24) is 14.8 Å². The fraction of sp³-hybridized carbons (Fsp3) is 0.800. The van der Waals surface area contributed by atoms with E-state index in [1.807, 2.05) is 7.05 Å². The Kier molecular flexibility index (Phi) is 3.02. The molecule has 0 aliphatic heterocycles. The predicted octanol–water partition coefficient (Wildman–Crippen LogP) is 0.143. The van der Waals surface area contributed by atoms with Crippen LogP contribution in [-0.4, -0.2) is 39.2 Å². The van der Waals surface area contributed by atoms with Crippen LogP contribution < -0.4 is 0 Å². The zero-order chi connectivity index (χ0) is 10.8. The number of ether oxygens (including phenoxy) is 1. The minimum atomic E-state index is -0.481. The molecule has 0 spiro atoms. The molecule has 0 aromatic carbocycles. The van der Waals surface area contributed by atoms with Crippen LogP contribution in [0.2, 0.25) is 0 Å². The molecule has 1 aliphatic carbocycles. The van der Waals surface area contributed by atoms with Crippen molar-refractivity contribution in [3.05, 3.63) is 12.2 Å². The van der Waals surface area contributed by atoms with Gasteiger partial charge in [0.25, 0.3) is 0 Å². The SMILES string of the molecule is COC(C(O)Cc1ncnn1C)C1CC1. The first-order valence-electron chi connectivity index (χ1n) is 5.26. The first-order chi connectivity index (χ1) is 7.22. The molecule has 0 saturated heterocycles. The van der Waals surface area contributed by atoms with Gasteiger partial charge in [-0.1, -0.05) is 0 Å². The minimum Gasteiger partial charge on any atom is -0.390 e. The van der Waals surface area contributed by atoms with E-state index in [-0.39, 0.29) is 6.10 Å². The average molecular weight is 211 g/mol. The summed E-state index contributed by atoms with van der Waals surface area (Å²) in [4.78, 5) is 4.09. The number of hydrogen-bond acceptors (Lipinski definition) is 4. The molecule has 0 bridgehead atoms. The lowest BCUT2D eigenvalue weighted by atomic mass is 10.1. The molecule has 0 radical (unpaired) electrons. The number of aliphatic hydroxyl groups excluding tert-OH is 1. The van der Waals surface area contributed by atoms with Crippen molar-refractivity contribution < 1.29 is 9.84 Å². The van der Waals surface area contributed by atoms with Crippen molar-refractivity contribution in [1.29, 1.82) is 0 Å². The number of aliphatic hydroxyl groups is 1. The summed E-state index contributed by atoms with van der Waals surface area (Å²) in [7, 11) is 3.48. The number of hydrogen-bond donors (Lipinski definition) is 1. The maximum Gasteiger partial charge on any atom is 0.138 e. The lowest BCUT2D eigenvalue weighted by Crippen LogP contribution is -2.32. The highest BCUT2D eigenvalue weighted by atomic mass is 16.5. The Bertz CT molecular complexity index is 322. The molecule has 1 saturated carbocycles. The molecule has 84 valence electrons. The van der Waals surface area contributed by atoms with E-state index >= 15 is 0 Å². The number of aromatic nitrogens is 3. The Hall–Kier alpha value is -0.940. The van der Waals surface area contributed by atoms with E-state index in [1.54, 1.807) is 11.8 Å². The van der Waals surface area contributed by atoms with Crippen LogP contribution in [0.5, 0.6) is 0 Å². The van der Waals surface area contributed by atoms with Gasteiger partial charge in [0.1, 0.15) is 12.2 Å². The van der Waals surface area contributed by atoms with Crippen LogP contribution in [0.3, 0.4) is 0 Å². The Morgan fingerprint density at radius 1 is 1.67 bits per heavy atom. The topological polar surface area (TPSA) is 60.2 Å². The minimum absolute atomic E-state index is 0.0540. The highest BCUT2D eigenvalue weighted by molar-refractivity contribution is 4.93. The van der Waals surface area contributed by atoms with Gasteiger partial charge in [0.2, 0.25) is 0 Å². The van der Waals surface area contributed by atoms with Crippen molar-refractivity contribution in [2.24, 2.45) is 13.0 Å². The fourth-order valence-electron chi connectivity index (χ4n) is 1.90. The zero-order valence-corrected chi connectivity index (χ0v) is 9.13. The third-order valence-electron chi connectivity index (χ3n) is 2.93. The van der Waals surface area contributed by atoms with Gasteiger partial charge in [0.05, 0.1) is 12.2 Å². The van der Waals surface area contributed by atoms with Gasteiger partial charge in [-0.25, -0.2) is 4.98 Å². The molecule has 1 aliphatic rings. The third-order valence-corrected chi connectivity index (χ3v) is 2.93. The van der Waals surface area contributed by atoms with Crippen molar-refractivity contribution in [3.8, 4) is 0 Å². The summed E-state index contributed by atoms with van der Waals surface area (Å²) in [5.41, 5.74) is 0. The van der Waals surface area contributed by atoms with Crippen LogP contribution in [-0.2, 0) is 18.2 Å². The molecule has 1 fully saturated rings. The molecule has 1 N–H and O–H groups in total. The highest BCUT2D eigenvalue weighted by Crippen LogP contribution is 2.36. The summed E-state index contributed by atoms with van der Waals surface area (Å²) in [6.07, 6.45) is 3.79. The van der Waals surface area contributed by atoms with Gasteiger partial charge in [-0.15, -0.1) is 0 Å². The van der Waals surface area contributed by atoms with Gasteiger partial charge in [0, 0.05) is 20.6 Å². The maximum absolute atomic E-state index is 10.0. The van der Waals surface area contributed by atoms with E-state index in [0.29, 0.717) is 12.3 Å². The molecule has 2 unspecified atom stereocenters. The molecule has 2 rings (SSSR count). The quantitative estimate of drug-likeness (QED) is 0.752. The second-order valence-electron chi connectivity index (χ2n) is 4.11. The number of methoxy groups -OCH3 is 1. The second-order valence-corrected chi connectivity index (χ2v) is 4.11. The number of nitrogens with zero attached hydrogens (tertiary/aromatic N) is 3. The number of aryl methyl sites for hydroxylation is 1. The monoisotopic (exact) mass is 211 g/mol. The smallest absolute Gasteiger partial charge is 0.138 e. The Morgan fingerprint density at radius 2 is 2.40 bits per heavy atom. The standard InChI is InChI=1S/C10H17N3O2/c1-13-9(11-6-12-13)5-8(14)10(15-2)7-3-4-7/h6-8,10,14H,3-5H2,1-2H3. The molecule has 1 heterocycles. The Balaban J connectivity index is 1.95. The average Bonchev–Trinajstić information content (AvgIpc) is 2.95. The summed E-state index contributed by atoms with van der Waals surface area (Å²) >= 11 is 0. The van der Waals surface area contributed by atoms with Crippen molar-refractivity contribution in [3.63, 3.8) is 0 Å². The van der Waals surface area contributed by atoms with Gasteiger partial charge < -0.3 is 9.84 Å². The van der Waals surface area contributed by atoms with Crippen molar-refractivity contribution in [2.45, 2.75) is 31.5 Å². The van der Waals surface area contributed by atoms with E-state index in [4.69, 9.17) is 4.74 Å². The van der Waals surface area contributed by atoms with Crippen LogP contribution in [0, 0.1) is 5.92 Å². The largest absolute Gasteiger partial charge is 0.390 e. The van der Waals surface area contributed by atoms with Gasteiger partial charge in [0.15, 0.2) is 0 Å². The molecular weight excluding hydrogens is 194 g/mol. The molecular formula is C10H17N3O2. The van der Waals surface area contributed by atoms with E-state index in [2.05, 4.69) is 10.1 Å². The maximum atomic E-state index is 10.0. The van der Waals surface area contributed by atoms with E-state index in [0.717, 1.165) is 18.7 Å². The van der Waals surface area contributed by atoms with Crippen LogP contribution >= 0.6 is 0 Å². The molecule has 1 aromatic heterocycles. The summed E-state index contributed by atoms with van der Waals surface area (Å²) in [5, 5.41) is 14.0. The van der Waals surface area contributed by atoms with E-state index in [1.165, 1.54) is 6.33 Å². The van der Waals surface area contributed by atoms with Gasteiger partial charge in [-0.05, 0) is 18.8 Å². The molecule has 0 amide bonds. The second kappa shape index (κ2) is 4.28. The van der Waals surface area contributed by atoms with E-state index in [9.17, 15) is 5.11 Å². The molecule has 15 heavy (non-hydrogen) atoms. The summed E-state index contributed by atoms with van der Waals surface area (Å²) in [6, 6.07) is 0. The molecule has 2 atom stereocenters. The van der Waals surface area contributed by atoms with Gasteiger partial charge in [-0.3, -0.25) is 4.68 Å². The zero-order valence-electron chi connectivity index (χ0n) is 9.13. The summed E-state index contributed by atoms with van der Waals surface area (Å²) in [6.45, 7) is 0. The van der Waals surface area contributed by atoms with Gasteiger partial charge >= 0.3 is 0 Å². The van der Waals surface area contributed by atoms with Crippen molar-refractivity contribution >= 4 is 0 Å². The predicted molar refractivity (Wildman–Crippen MR) is 54.2 cm³/mol. The molecule has 5 nitrogen and oxygen atoms in total. The van der Waals surface area contributed by atoms with Crippen LogP contribution in [0.25, 0.3) is 0 Å². The molecule has 5 heteroatoms. The van der Waals surface area contributed by atoms with Crippen LogP contribution in [0.15, 0.2) is 6.33 Å². The Morgan fingerprint density at radius 3 is 2.87 bits per heavy atom. The van der Waals surface area contributed by atoms with E-state index < -0.39 is 6.10 Å². The summed E-state index contributed by atoms with van der Waals surface area (Å²) < 4.78 is 7.00. The normalized spacial score (nSPS) is 20.2. The highest BCUT2D eigenvalue weighted by Gasteiger charge is 2.36. The van der Waals surface area contributed by atoms with Crippen molar-refractivity contribution in [2.75, 3.05) is 7.11 Å². The number of rotatable bonds is 5. The lowest BCUT2D eigenvalue weighted by molar-refractivity contribution is -0.0249. The Labute approximate surface area is 89.1 Å². The first kappa shape index (κ1) is 10.6. The molecule has 1 aromatic rings. The first-order valence-corrected chi connectivity index (χ1v) is 5.26.